The first-order valence-corrected chi connectivity index (χ1v) is 6.35. The molecule has 98 valence electrons. The zero-order valence-electron chi connectivity index (χ0n) is 11.0. The second kappa shape index (κ2) is 6.05. The molecule has 0 bridgehead atoms. The van der Waals surface area contributed by atoms with Crippen molar-refractivity contribution in [1.29, 1.82) is 0 Å². The summed E-state index contributed by atoms with van der Waals surface area (Å²) < 4.78 is 0. The average molecular weight is 254 g/mol. The van der Waals surface area contributed by atoms with Gasteiger partial charge in [0.1, 0.15) is 0 Å². The molecule has 0 heterocycles. The normalized spacial score (nSPS) is 10.2. The molecule has 1 amide bonds. The average Bonchev–Trinajstić information content (AvgIpc) is 2.42. The number of nitrogen functional groups attached to an aromatic ring is 1. The summed E-state index contributed by atoms with van der Waals surface area (Å²) in [7, 11) is 0. The highest BCUT2D eigenvalue weighted by Crippen LogP contribution is 2.13. The molecule has 0 saturated heterocycles. The van der Waals surface area contributed by atoms with Crippen molar-refractivity contribution in [1.82, 2.24) is 5.32 Å². The molecule has 0 aliphatic rings. The molecule has 19 heavy (non-hydrogen) atoms. The van der Waals surface area contributed by atoms with E-state index in [1.54, 1.807) is 6.07 Å². The Kier molecular flexibility index (Phi) is 4.18. The first-order valence-electron chi connectivity index (χ1n) is 6.35. The molecule has 0 aliphatic carbocycles. The summed E-state index contributed by atoms with van der Waals surface area (Å²) in [4.78, 5) is 12.0. The van der Waals surface area contributed by atoms with Gasteiger partial charge in [0.15, 0.2) is 0 Å². The molecule has 2 aromatic rings. The van der Waals surface area contributed by atoms with Crippen LogP contribution in [0.3, 0.4) is 0 Å². The highest BCUT2D eigenvalue weighted by molar-refractivity contribution is 5.99. The minimum Gasteiger partial charge on any atom is -0.398 e. The fourth-order valence-corrected chi connectivity index (χ4v) is 1.93. The lowest BCUT2D eigenvalue weighted by atomic mass is 10.1. The lowest BCUT2D eigenvalue weighted by Crippen LogP contribution is -2.26. The van der Waals surface area contributed by atoms with E-state index >= 15 is 0 Å². The summed E-state index contributed by atoms with van der Waals surface area (Å²) in [6, 6.07) is 15.5. The standard InChI is InChI=1S/C16H18N2O/c1-12-7-8-15(17)14(11-12)16(19)18-10-9-13-5-3-2-4-6-13/h2-8,11H,9-10,17H2,1H3,(H,18,19). The maximum Gasteiger partial charge on any atom is 0.253 e. The first kappa shape index (κ1) is 13.1. The topological polar surface area (TPSA) is 55.1 Å². The Balaban J connectivity index is 1.93. The molecule has 0 radical (unpaired) electrons. The van der Waals surface area contributed by atoms with Crippen LogP contribution in [-0.2, 0) is 6.42 Å². The summed E-state index contributed by atoms with van der Waals surface area (Å²) in [5.41, 5.74) is 9.12. The molecule has 2 rings (SSSR count). The molecule has 3 N–H and O–H groups in total. The van der Waals surface area contributed by atoms with Crippen LogP contribution in [0.2, 0.25) is 0 Å². The highest BCUT2D eigenvalue weighted by Gasteiger charge is 2.08. The van der Waals surface area contributed by atoms with Gasteiger partial charge in [-0.3, -0.25) is 4.79 Å². The van der Waals surface area contributed by atoms with Crippen molar-refractivity contribution in [2.24, 2.45) is 0 Å². The van der Waals surface area contributed by atoms with Crippen LogP contribution >= 0.6 is 0 Å². The summed E-state index contributed by atoms with van der Waals surface area (Å²) >= 11 is 0. The minimum atomic E-state index is -0.114. The third-order valence-electron chi connectivity index (χ3n) is 3.00. The quantitative estimate of drug-likeness (QED) is 0.824. The van der Waals surface area contributed by atoms with Crippen molar-refractivity contribution >= 4 is 11.6 Å². The molecule has 0 atom stereocenters. The van der Waals surface area contributed by atoms with Gasteiger partial charge in [-0.25, -0.2) is 0 Å². The molecule has 0 aliphatic heterocycles. The van der Waals surface area contributed by atoms with Gasteiger partial charge in [-0.1, -0.05) is 42.0 Å². The van der Waals surface area contributed by atoms with E-state index in [2.05, 4.69) is 5.32 Å². The van der Waals surface area contributed by atoms with Crippen molar-refractivity contribution < 1.29 is 4.79 Å². The zero-order valence-corrected chi connectivity index (χ0v) is 11.0. The molecular weight excluding hydrogens is 236 g/mol. The Morgan fingerprint density at radius 1 is 1.16 bits per heavy atom. The SMILES string of the molecule is Cc1ccc(N)c(C(=O)NCCc2ccccc2)c1. The number of carbonyl (C=O) groups excluding carboxylic acids is 1. The van der Waals surface area contributed by atoms with Gasteiger partial charge < -0.3 is 11.1 Å². The minimum absolute atomic E-state index is 0.114. The number of benzene rings is 2. The van der Waals surface area contributed by atoms with E-state index in [0.717, 1.165) is 12.0 Å². The molecule has 3 heteroatoms. The number of nitrogens with one attached hydrogen (secondary N) is 1. The number of carbonyl (C=O) groups is 1. The number of aryl methyl sites for hydroxylation is 1. The van der Waals surface area contributed by atoms with Crippen LogP contribution in [0.1, 0.15) is 21.5 Å². The molecular formula is C16H18N2O. The van der Waals surface area contributed by atoms with Crippen LogP contribution in [-0.4, -0.2) is 12.5 Å². The van der Waals surface area contributed by atoms with Gasteiger partial charge in [-0.15, -0.1) is 0 Å². The number of amides is 1. The molecule has 0 saturated carbocycles. The van der Waals surface area contributed by atoms with Gasteiger partial charge in [-0.05, 0) is 31.0 Å². The number of rotatable bonds is 4. The maximum absolute atomic E-state index is 12.0. The van der Waals surface area contributed by atoms with Gasteiger partial charge >= 0.3 is 0 Å². The van der Waals surface area contributed by atoms with Crippen LogP contribution in [0.5, 0.6) is 0 Å². The van der Waals surface area contributed by atoms with Gasteiger partial charge in [-0.2, -0.15) is 0 Å². The van der Waals surface area contributed by atoms with Gasteiger partial charge in [0.05, 0.1) is 5.56 Å². The predicted octanol–water partition coefficient (Wildman–Crippen LogP) is 2.55. The monoisotopic (exact) mass is 254 g/mol. The van der Waals surface area contributed by atoms with Gasteiger partial charge in [0.25, 0.3) is 5.91 Å². The van der Waals surface area contributed by atoms with E-state index in [1.807, 2.05) is 49.4 Å². The molecule has 3 nitrogen and oxygen atoms in total. The lowest BCUT2D eigenvalue weighted by molar-refractivity contribution is 0.0955. The lowest BCUT2D eigenvalue weighted by Gasteiger charge is -2.08. The van der Waals surface area contributed by atoms with Crippen molar-refractivity contribution in [3.8, 4) is 0 Å². The van der Waals surface area contributed by atoms with E-state index in [0.29, 0.717) is 17.8 Å². The van der Waals surface area contributed by atoms with Crippen LogP contribution in [0, 0.1) is 6.92 Å². The highest BCUT2D eigenvalue weighted by atomic mass is 16.1. The third-order valence-corrected chi connectivity index (χ3v) is 3.00. The van der Waals surface area contributed by atoms with Crippen molar-refractivity contribution in [2.75, 3.05) is 12.3 Å². The Morgan fingerprint density at radius 2 is 1.89 bits per heavy atom. The fraction of sp³-hybridized carbons (Fsp3) is 0.188. The van der Waals surface area contributed by atoms with E-state index in [1.165, 1.54) is 5.56 Å². The van der Waals surface area contributed by atoms with Crippen LogP contribution < -0.4 is 11.1 Å². The largest absolute Gasteiger partial charge is 0.398 e. The molecule has 0 fully saturated rings. The van der Waals surface area contributed by atoms with Crippen LogP contribution in [0.4, 0.5) is 5.69 Å². The van der Waals surface area contributed by atoms with Crippen molar-refractivity contribution in [3.63, 3.8) is 0 Å². The Bertz CT molecular complexity index is 564. The number of hydrogen-bond donors (Lipinski definition) is 2. The predicted molar refractivity (Wildman–Crippen MR) is 78.1 cm³/mol. The maximum atomic E-state index is 12.0. The third kappa shape index (κ3) is 3.58. The van der Waals surface area contributed by atoms with E-state index < -0.39 is 0 Å². The van der Waals surface area contributed by atoms with Gasteiger partial charge in [0.2, 0.25) is 0 Å². The second-order valence-corrected chi connectivity index (χ2v) is 4.58. The smallest absolute Gasteiger partial charge is 0.253 e. The van der Waals surface area contributed by atoms with Crippen LogP contribution in [0.25, 0.3) is 0 Å². The van der Waals surface area contributed by atoms with E-state index in [9.17, 15) is 4.79 Å². The zero-order chi connectivity index (χ0) is 13.7. The van der Waals surface area contributed by atoms with E-state index in [4.69, 9.17) is 5.73 Å². The summed E-state index contributed by atoms with van der Waals surface area (Å²) in [6.07, 6.45) is 0.818. The first-order chi connectivity index (χ1) is 9.16. The Labute approximate surface area is 113 Å². The molecule has 0 spiro atoms. The summed E-state index contributed by atoms with van der Waals surface area (Å²) in [5.74, 6) is -0.114. The fourth-order valence-electron chi connectivity index (χ4n) is 1.93. The Hall–Kier alpha value is -2.29. The molecule has 0 unspecified atom stereocenters. The summed E-state index contributed by atoms with van der Waals surface area (Å²) in [5, 5.41) is 2.90. The number of anilines is 1. The van der Waals surface area contributed by atoms with Crippen LogP contribution in [0.15, 0.2) is 48.5 Å². The second-order valence-electron chi connectivity index (χ2n) is 4.58. The van der Waals surface area contributed by atoms with Gasteiger partial charge in [0, 0.05) is 12.2 Å². The Morgan fingerprint density at radius 3 is 2.63 bits per heavy atom. The van der Waals surface area contributed by atoms with E-state index in [-0.39, 0.29) is 5.91 Å². The summed E-state index contributed by atoms with van der Waals surface area (Å²) in [6.45, 7) is 2.55. The number of hydrogen-bond acceptors (Lipinski definition) is 2. The van der Waals surface area contributed by atoms with Crippen molar-refractivity contribution in [2.45, 2.75) is 13.3 Å². The van der Waals surface area contributed by atoms with Crippen molar-refractivity contribution in [3.05, 3.63) is 65.2 Å². The molecule has 0 aromatic heterocycles. The number of nitrogens with two attached hydrogens (primary N) is 1. The molecule has 2 aromatic carbocycles.